The number of amides is 1. The monoisotopic (exact) mass is 1410 g/mol. The van der Waals surface area contributed by atoms with Crippen LogP contribution in [0.25, 0.3) is 50.9 Å². The summed E-state index contributed by atoms with van der Waals surface area (Å²) in [6, 6.07) is 50.1. The molecule has 3 saturated heterocycles. The van der Waals surface area contributed by atoms with Crippen LogP contribution in [0.1, 0.15) is 137 Å². The quantitative estimate of drug-likeness (QED) is 0.0307. The Morgan fingerprint density at radius 2 is 0.748 bits per heavy atom. The zero-order valence-electron chi connectivity index (χ0n) is 59.0. The summed E-state index contributed by atoms with van der Waals surface area (Å²) in [7, 11) is -3.13. The number of ether oxygens (including phenoxy) is 3. The molecule has 3 aromatic heterocycles. The van der Waals surface area contributed by atoms with Crippen LogP contribution >= 0.6 is 0 Å². The van der Waals surface area contributed by atoms with Gasteiger partial charge in [-0.15, -0.1) is 30.6 Å². The van der Waals surface area contributed by atoms with Crippen molar-refractivity contribution in [1.82, 2.24) is 86.6 Å². The topological polar surface area (TPSA) is 296 Å². The molecule has 103 heavy (non-hydrogen) atoms. The van der Waals surface area contributed by atoms with Gasteiger partial charge in [-0.25, -0.2) is 13.1 Å². The Morgan fingerprint density at radius 3 is 1.07 bits per heavy atom. The molecule has 15 rings (SSSR count). The molecule has 24 nitrogen and oxygen atoms in total. The Bertz CT molecular complexity index is 4510. The number of piperidine rings is 3. The van der Waals surface area contributed by atoms with E-state index >= 15 is 0 Å². The number of aryl methyl sites for hydroxylation is 3. The normalized spacial score (nSPS) is 16.7. The number of rotatable bonds is 24. The Labute approximate surface area is 602 Å². The highest BCUT2D eigenvalue weighted by Crippen LogP contribution is 2.46. The van der Waals surface area contributed by atoms with Crippen molar-refractivity contribution >= 4 is 32.6 Å². The van der Waals surface area contributed by atoms with E-state index in [-0.39, 0.29) is 22.7 Å². The fraction of sp³-hybridized carbons (Fsp3) is 0.410. The van der Waals surface area contributed by atoms with Crippen LogP contribution in [0.4, 0.5) is 0 Å². The van der Waals surface area contributed by atoms with Gasteiger partial charge < -0.3 is 41.2 Å². The summed E-state index contributed by atoms with van der Waals surface area (Å²) in [5, 5.41) is 52.1. The summed E-state index contributed by atoms with van der Waals surface area (Å²) in [5.41, 5.74) is 18.2. The van der Waals surface area contributed by atoms with Gasteiger partial charge in [-0.3, -0.25) is 4.79 Å². The van der Waals surface area contributed by atoms with Crippen molar-refractivity contribution in [2.24, 2.45) is 5.73 Å². The molecule has 25 heteroatoms. The van der Waals surface area contributed by atoms with Gasteiger partial charge in [0, 0.05) is 91.9 Å². The van der Waals surface area contributed by atoms with E-state index in [0.717, 1.165) is 210 Å². The first kappa shape index (κ1) is 71.8. The second-order valence-corrected chi connectivity index (χ2v) is 29.2. The average molecular weight is 1410 g/mol. The van der Waals surface area contributed by atoms with Crippen LogP contribution in [0.2, 0.25) is 0 Å². The molecule has 9 aromatic rings. The maximum absolute atomic E-state index is 11.1. The van der Waals surface area contributed by atoms with Gasteiger partial charge >= 0.3 is 0 Å². The van der Waals surface area contributed by atoms with Crippen LogP contribution in [0.15, 0.2) is 164 Å². The molecule has 3 fully saturated rings. The third-order valence-electron chi connectivity index (χ3n) is 19.6. The van der Waals surface area contributed by atoms with Gasteiger partial charge in [0.2, 0.25) is 33.4 Å². The molecule has 7 N–H and O–H groups in total. The molecular formula is C78H94N18O6S. The van der Waals surface area contributed by atoms with Crippen molar-refractivity contribution in [3.8, 4) is 51.4 Å². The summed E-state index contributed by atoms with van der Waals surface area (Å²) in [5.74, 6) is 4.77. The van der Waals surface area contributed by atoms with Crippen molar-refractivity contribution in [1.29, 1.82) is 0 Å². The number of nitrogens with one attached hydrogen (secondary N) is 5. The first-order chi connectivity index (χ1) is 50.3. The van der Waals surface area contributed by atoms with E-state index in [9.17, 15) is 13.2 Å². The lowest BCUT2D eigenvalue weighted by Crippen LogP contribution is -2.46. The van der Waals surface area contributed by atoms with Gasteiger partial charge in [-0.05, 0) is 176 Å². The number of hydrogen-bond acceptors (Lipinski definition) is 19. The number of fused-ring (bicyclic) bond motifs is 3. The number of aromatic nitrogens is 12. The van der Waals surface area contributed by atoms with Gasteiger partial charge in [0.1, 0.15) is 34.1 Å². The van der Waals surface area contributed by atoms with E-state index < -0.39 is 10.0 Å². The molecule has 6 aromatic carbocycles. The SMILES string of the molecule is CC(=O)NCCCCCn1nnc(-c2ccc(C3=CC4(CCNCC4)Oc4ccccc43)cc2)n1.CS(=O)(=O)NCCCCCn1nnc(-c2ccc(C3=CC4(CCNCC4)Oc4ccccc43)cc2)n1.NCCCCCn1nnc(-c2ccc(C3=CC4(CCNCC4)Oc4ccccc43)cc2)n1. The number of nitrogens with two attached hydrogens (primary N) is 1. The molecule has 0 bridgehead atoms. The zero-order chi connectivity index (χ0) is 70.9. The van der Waals surface area contributed by atoms with Crippen LogP contribution in [0.5, 0.6) is 17.2 Å². The standard InChI is InChI=1S/C27H32N6O2.C26H32N6O3S.C25H30N6O/c1-20(34)29-15-5-2-6-18-33-31-26(30-32-33)22-11-9-21(10-12-22)24-19-27(13-16-28-17-14-27)35-25-8-4-3-7-23(24)25;1-36(33,34)28-15-5-2-6-18-32-30-25(29-31-32)21-11-9-20(10-12-21)23-19-26(13-16-27-17-14-26)35-24-8-4-3-7-22(23)24;26-14-4-1-5-17-31-29-24(28-30-31)20-10-8-19(9-11-20)22-18-25(12-15-27-16-13-25)32-23-7-3-2-6-21(22)23/h3-4,7-12,19,28H,2,5-6,13-18H2,1H3,(H,29,34);3-4,7-12,19,27-28H,2,5-6,13-18H2,1H3;2-3,6-11,18,27H,1,4-5,12-17,26H2. The molecule has 0 atom stereocenters. The summed E-state index contributed by atoms with van der Waals surface area (Å²) >= 11 is 0. The Kier molecular flexibility index (Phi) is 23.4. The second kappa shape index (κ2) is 33.7. The highest BCUT2D eigenvalue weighted by Gasteiger charge is 2.40. The predicted molar refractivity (Wildman–Crippen MR) is 399 cm³/mol. The molecule has 3 spiro atoms. The van der Waals surface area contributed by atoms with Crippen molar-refractivity contribution in [3.05, 3.63) is 197 Å². The molecule has 0 unspecified atom stereocenters. The van der Waals surface area contributed by atoms with Crippen LogP contribution in [-0.4, -0.2) is 157 Å². The van der Waals surface area contributed by atoms with E-state index in [1.54, 1.807) is 14.4 Å². The number of carbonyl (C=O) groups is 1. The molecule has 0 radical (unpaired) electrons. The van der Waals surface area contributed by atoms with Crippen molar-refractivity contribution in [2.75, 3.05) is 65.2 Å². The van der Waals surface area contributed by atoms with Gasteiger partial charge in [0.05, 0.1) is 25.9 Å². The molecule has 1 amide bonds. The first-order valence-electron chi connectivity index (χ1n) is 36.5. The fourth-order valence-electron chi connectivity index (χ4n) is 14.1. The molecule has 9 heterocycles. The first-order valence-corrected chi connectivity index (χ1v) is 38.4. The highest BCUT2D eigenvalue weighted by atomic mass is 32.2. The summed E-state index contributed by atoms with van der Waals surface area (Å²) in [4.78, 5) is 15.9. The van der Waals surface area contributed by atoms with E-state index in [2.05, 4.69) is 206 Å². The number of nitrogens with zero attached hydrogens (tertiary/aromatic N) is 12. The maximum atomic E-state index is 11.1. The van der Waals surface area contributed by atoms with E-state index in [1.165, 1.54) is 35.5 Å². The number of hydrogen-bond donors (Lipinski definition) is 6. The summed E-state index contributed by atoms with van der Waals surface area (Å²) < 4.78 is 44.2. The lowest BCUT2D eigenvalue weighted by Gasteiger charge is -2.40. The van der Waals surface area contributed by atoms with E-state index in [0.29, 0.717) is 43.7 Å². The molecular weight excluding hydrogens is 1320 g/mol. The molecule has 0 saturated carbocycles. The molecule has 6 aliphatic heterocycles. The molecule has 0 aliphatic carbocycles. The van der Waals surface area contributed by atoms with Crippen LogP contribution in [-0.2, 0) is 34.5 Å². The number of carbonyl (C=O) groups excluding carboxylic acids is 1. The van der Waals surface area contributed by atoms with Gasteiger partial charge in [-0.2, -0.15) is 14.4 Å². The maximum Gasteiger partial charge on any atom is 0.216 e. The summed E-state index contributed by atoms with van der Waals surface area (Å²) in [6.45, 7) is 11.3. The largest absolute Gasteiger partial charge is 0.482 e. The van der Waals surface area contributed by atoms with Crippen LogP contribution in [0, 0.1) is 0 Å². The van der Waals surface area contributed by atoms with Gasteiger partial charge in [-0.1, -0.05) is 140 Å². The Morgan fingerprint density at radius 1 is 0.437 bits per heavy atom. The number of sulfonamides is 1. The Balaban J connectivity index is 0.000000138. The van der Waals surface area contributed by atoms with Crippen LogP contribution in [0.3, 0.4) is 0 Å². The number of benzene rings is 6. The van der Waals surface area contributed by atoms with E-state index in [4.69, 9.17) is 19.9 Å². The molecule has 6 aliphatic rings. The van der Waals surface area contributed by atoms with E-state index in [1.807, 2.05) is 30.3 Å². The minimum Gasteiger partial charge on any atom is -0.482 e. The lowest BCUT2D eigenvalue weighted by atomic mass is 9.83. The van der Waals surface area contributed by atoms with Gasteiger partial charge in [0.25, 0.3) is 0 Å². The predicted octanol–water partition coefficient (Wildman–Crippen LogP) is 10.0. The van der Waals surface area contributed by atoms with Crippen LogP contribution < -0.4 is 45.9 Å². The van der Waals surface area contributed by atoms with Gasteiger partial charge in [0.15, 0.2) is 0 Å². The third kappa shape index (κ3) is 18.6. The average Bonchev–Trinajstić information content (AvgIpc) is 1.42. The zero-order valence-corrected chi connectivity index (χ0v) is 59.8. The number of unbranched alkanes of at least 4 members (excludes halogenated alkanes) is 6. The second-order valence-electron chi connectivity index (χ2n) is 27.4. The van der Waals surface area contributed by atoms with Crippen molar-refractivity contribution < 1.29 is 27.4 Å². The Hall–Kier alpha value is -9.63. The van der Waals surface area contributed by atoms with Crippen molar-refractivity contribution in [3.63, 3.8) is 0 Å². The minimum atomic E-state index is -3.13. The highest BCUT2D eigenvalue weighted by molar-refractivity contribution is 7.88. The lowest BCUT2D eigenvalue weighted by molar-refractivity contribution is -0.118. The molecule has 538 valence electrons. The number of para-hydroxylation sites is 3. The summed E-state index contributed by atoms with van der Waals surface area (Å²) in [6.07, 6.45) is 22.4. The van der Waals surface area contributed by atoms with Crippen molar-refractivity contribution in [2.45, 2.75) is 140 Å². The smallest absolute Gasteiger partial charge is 0.216 e. The third-order valence-corrected chi connectivity index (χ3v) is 20.4. The fourth-order valence-corrected chi connectivity index (χ4v) is 14.6. The number of tetrazole rings is 3. The minimum absolute atomic E-state index is 0.0155.